The summed E-state index contributed by atoms with van der Waals surface area (Å²) in [6, 6.07) is 18.3. The van der Waals surface area contributed by atoms with E-state index in [2.05, 4.69) is 39.8 Å². The van der Waals surface area contributed by atoms with Gasteiger partial charge in [0, 0.05) is 50.9 Å². The Morgan fingerprint density at radius 3 is 2.45 bits per heavy atom. The summed E-state index contributed by atoms with van der Waals surface area (Å²) in [6.45, 7) is 4.36. The van der Waals surface area contributed by atoms with Gasteiger partial charge in [-0.15, -0.1) is 0 Å². The highest BCUT2D eigenvalue weighted by atomic mass is 16.2. The lowest BCUT2D eigenvalue weighted by Gasteiger charge is -2.32. The third-order valence-corrected chi connectivity index (χ3v) is 6.15. The molecule has 0 radical (unpaired) electrons. The van der Waals surface area contributed by atoms with Crippen molar-refractivity contribution in [2.45, 2.75) is 51.2 Å². The first kappa shape index (κ1) is 21.4. The number of nitrogens with one attached hydrogen (secondary N) is 2. The Bertz CT molecular complexity index is 878. The second-order valence-electron chi connectivity index (χ2n) is 8.61. The highest BCUT2D eigenvalue weighted by molar-refractivity contribution is 5.89. The van der Waals surface area contributed by atoms with E-state index in [9.17, 15) is 9.59 Å². The minimum absolute atomic E-state index is 0.160. The van der Waals surface area contributed by atoms with Crippen molar-refractivity contribution in [3.63, 3.8) is 0 Å². The lowest BCUT2D eigenvalue weighted by molar-refractivity contribution is -0.133. The van der Waals surface area contributed by atoms with Gasteiger partial charge < -0.3 is 15.5 Å². The number of benzene rings is 2. The molecule has 2 N–H and O–H groups in total. The molecule has 2 saturated heterocycles. The summed E-state index contributed by atoms with van der Waals surface area (Å²) in [5.74, 6) is 0.223. The van der Waals surface area contributed by atoms with Crippen LogP contribution in [0.25, 0.3) is 0 Å². The molecule has 164 valence electrons. The van der Waals surface area contributed by atoms with Gasteiger partial charge in [0.2, 0.25) is 5.91 Å². The number of carbonyl (C=O) groups is 2. The molecule has 3 amide bonds. The molecule has 2 heterocycles. The van der Waals surface area contributed by atoms with Crippen LogP contribution in [0.1, 0.15) is 43.2 Å². The van der Waals surface area contributed by atoms with E-state index in [1.54, 1.807) is 0 Å². The lowest BCUT2D eigenvalue weighted by Crippen LogP contribution is -2.45. The number of carbonyl (C=O) groups excluding carboxylic acids is 2. The quantitative estimate of drug-likeness (QED) is 0.743. The third-order valence-electron chi connectivity index (χ3n) is 6.15. The minimum Gasteiger partial charge on any atom is -0.338 e. The van der Waals surface area contributed by atoms with Crippen molar-refractivity contribution in [3.05, 3.63) is 65.7 Å². The maximum atomic E-state index is 12.5. The van der Waals surface area contributed by atoms with Crippen LogP contribution in [0.2, 0.25) is 0 Å². The van der Waals surface area contributed by atoms with Gasteiger partial charge >= 0.3 is 6.03 Å². The molecule has 0 bridgehead atoms. The van der Waals surface area contributed by atoms with E-state index < -0.39 is 0 Å². The normalized spacial score (nSPS) is 18.1. The van der Waals surface area contributed by atoms with Crippen molar-refractivity contribution < 1.29 is 9.59 Å². The van der Waals surface area contributed by atoms with Gasteiger partial charge in [-0.3, -0.25) is 9.69 Å². The zero-order valence-corrected chi connectivity index (χ0v) is 18.1. The van der Waals surface area contributed by atoms with E-state index >= 15 is 0 Å². The van der Waals surface area contributed by atoms with E-state index in [4.69, 9.17) is 0 Å². The van der Waals surface area contributed by atoms with Gasteiger partial charge in [-0.05, 0) is 48.9 Å². The van der Waals surface area contributed by atoms with Crippen molar-refractivity contribution in [2.75, 3.05) is 25.0 Å². The zero-order valence-electron chi connectivity index (χ0n) is 18.1. The summed E-state index contributed by atoms with van der Waals surface area (Å²) in [7, 11) is 0. The van der Waals surface area contributed by atoms with Crippen LogP contribution in [0, 0.1) is 0 Å². The largest absolute Gasteiger partial charge is 0.338 e. The van der Waals surface area contributed by atoms with Crippen LogP contribution in [0.5, 0.6) is 0 Å². The van der Waals surface area contributed by atoms with Crippen LogP contribution >= 0.6 is 0 Å². The Morgan fingerprint density at radius 2 is 1.68 bits per heavy atom. The van der Waals surface area contributed by atoms with E-state index in [1.807, 2.05) is 35.2 Å². The lowest BCUT2D eigenvalue weighted by atomic mass is 10.0. The molecular weight excluding hydrogens is 388 g/mol. The van der Waals surface area contributed by atoms with Crippen molar-refractivity contribution in [3.8, 4) is 0 Å². The Kier molecular flexibility index (Phi) is 7.20. The summed E-state index contributed by atoms with van der Waals surface area (Å²) in [5.41, 5.74) is 3.14. The Morgan fingerprint density at radius 1 is 0.903 bits per heavy atom. The molecule has 2 aromatic rings. The fourth-order valence-electron chi connectivity index (χ4n) is 4.43. The minimum atomic E-state index is -0.160. The molecule has 0 atom stereocenters. The van der Waals surface area contributed by atoms with Crippen LogP contribution in [0.3, 0.4) is 0 Å². The topological polar surface area (TPSA) is 64.7 Å². The second kappa shape index (κ2) is 10.4. The Hall–Kier alpha value is -2.86. The Balaban J connectivity index is 1.22. The van der Waals surface area contributed by atoms with E-state index in [0.29, 0.717) is 13.0 Å². The standard InChI is InChI=1S/C25H32N4O2/c30-24-11-4-5-14-29(24)19-21-9-6-10-23(17-21)27-25(31)26-22-12-15-28(16-13-22)18-20-7-2-1-3-8-20/h1-3,6-10,17,22H,4-5,11-16,18-19H2,(H2,26,27,31). The number of rotatable bonds is 6. The van der Waals surface area contributed by atoms with E-state index in [0.717, 1.165) is 63.1 Å². The predicted molar refractivity (Wildman–Crippen MR) is 123 cm³/mol. The molecule has 4 rings (SSSR count). The van der Waals surface area contributed by atoms with E-state index in [-0.39, 0.29) is 18.0 Å². The van der Waals surface area contributed by atoms with Crippen molar-refractivity contribution in [2.24, 2.45) is 0 Å². The third kappa shape index (κ3) is 6.31. The maximum absolute atomic E-state index is 12.5. The Labute approximate surface area is 184 Å². The average molecular weight is 421 g/mol. The number of anilines is 1. The van der Waals surface area contributed by atoms with Crippen LogP contribution < -0.4 is 10.6 Å². The molecule has 0 aliphatic carbocycles. The molecule has 0 spiro atoms. The highest BCUT2D eigenvalue weighted by Gasteiger charge is 2.21. The number of piperidine rings is 2. The molecule has 2 aliphatic rings. The van der Waals surface area contributed by atoms with Crippen molar-refractivity contribution in [1.29, 1.82) is 0 Å². The van der Waals surface area contributed by atoms with Gasteiger partial charge in [0.25, 0.3) is 0 Å². The van der Waals surface area contributed by atoms with Gasteiger partial charge in [0.1, 0.15) is 0 Å². The van der Waals surface area contributed by atoms with Gasteiger partial charge in [-0.2, -0.15) is 0 Å². The van der Waals surface area contributed by atoms with Gasteiger partial charge in [-0.1, -0.05) is 42.5 Å². The summed E-state index contributed by atoms with van der Waals surface area (Å²) >= 11 is 0. The number of hydrogen-bond acceptors (Lipinski definition) is 3. The first-order chi connectivity index (χ1) is 15.2. The summed E-state index contributed by atoms with van der Waals surface area (Å²) in [6.07, 6.45) is 4.61. The summed E-state index contributed by atoms with van der Waals surface area (Å²) < 4.78 is 0. The molecule has 2 aromatic carbocycles. The predicted octanol–water partition coefficient (Wildman–Crippen LogP) is 3.99. The van der Waals surface area contributed by atoms with Gasteiger partial charge in [0.15, 0.2) is 0 Å². The number of urea groups is 1. The number of nitrogens with zero attached hydrogens (tertiary/aromatic N) is 2. The number of amides is 3. The second-order valence-corrected chi connectivity index (χ2v) is 8.61. The molecule has 0 unspecified atom stereocenters. The van der Waals surface area contributed by atoms with Crippen LogP contribution in [0.15, 0.2) is 54.6 Å². The van der Waals surface area contributed by atoms with Crippen molar-refractivity contribution in [1.82, 2.24) is 15.1 Å². The summed E-state index contributed by atoms with van der Waals surface area (Å²) in [4.78, 5) is 28.9. The molecule has 0 saturated carbocycles. The smallest absolute Gasteiger partial charge is 0.319 e. The highest BCUT2D eigenvalue weighted by Crippen LogP contribution is 2.18. The first-order valence-electron chi connectivity index (χ1n) is 11.4. The van der Waals surface area contributed by atoms with Gasteiger partial charge in [-0.25, -0.2) is 4.79 Å². The fraction of sp³-hybridized carbons (Fsp3) is 0.440. The van der Waals surface area contributed by atoms with Gasteiger partial charge in [0.05, 0.1) is 0 Å². The molecule has 6 heteroatoms. The molecule has 2 aliphatic heterocycles. The molecule has 0 aromatic heterocycles. The number of likely N-dealkylation sites (tertiary alicyclic amines) is 2. The van der Waals surface area contributed by atoms with Crippen LogP contribution in [0.4, 0.5) is 10.5 Å². The molecule has 2 fully saturated rings. The van der Waals surface area contributed by atoms with Crippen molar-refractivity contribution >= 4 is 17.6 Å². The van der Waals surface area contributed by atoms with Crippen LogP contribution in [-0.2, 0) is 17.9 Å². The average Bonchev–Trinajstić information content (AvgIpc) is 2.78. The van der Waals surface area contributed by atoms with E-state index in [1.165, 1.54) is 5.56 Å². The maximum Gasteiger partial charge on any atom is 0.319 e. The first-order valence-corrected chi connectivity index (χ1v) is 11.4. The van der Waals surface area contributed by atoms with Crippen LogP contribution in [-0.4, -0.2) is 47.4 Å². The SMILES string of the molecule is O=C(Nc1cccc(CN2CCCCC2=O)c1)NC1CCN(Cc2ccccc2)CC1. The monoisotopic (exact) mass is 420 g/mol. The molecular formula is C25H32N4O2. The summed E-state index contributed by atoms with van der Waals surface area (Å²) in [5, 5.41) is 6.08. The molecule has 31 heavy (non-hydrogen) atoms. The fourth-order valence-corrected chi connectivity index (χ4v) is 4.43. The molecule has 6 nitrogen and oxygen atoms in total. The number of hydrogen-bond donors (Lipinski definition) is 2. The zero-order chi connectivity index (χ0) is 21.5.